The van der Waals surface area contributed by atoms with Crippen molar-refractivity contribution in [3.05, 3.63) is 55.9 Å². The SMILES string of the molecule is Cc1c([N+](=O)[O-])c(C(=O)Nc2cccc([N+](=O)[O-])c2)nn1C. The van der Waals surface area contributed by atoms with Gasteiger partial charge in [0.1, 0.15) is 5.69 Å². The van der Waals surface area contributed by atoms with Crippen molar-refractivity contribution in [1.29, 1.82) is 0 Å². The van der Waals surface area contributed by atoms with Gasteiger partial charge >= 0.3 is 5.69 Å². The fourth-order valence-electron chi connectivity index (χ4n) is 1.86. The Morgan fingerprint density at radius 1 is 1.27 bits per heavy atom. The third kappa shape index (κ3) is 2.75. The minimum Gasteiger partial charge on any atom is -0.320 e. The number of nitro benzene ring substituents is 1. The van der Waals surface area contributed by atoms with Crippen molar-refractivity contribution in [2.45, 2.75) is 6.92 Å². The van der Waals surface area contributed by atoms with Gasteiger partial charge in [0.15, 0.2) is 0 Å². The number of hydrogen-bond acceptors (Lipinski definition) is 6. The van der Waals surface area contributed by atoms with Gasteiger partial charge in [0.05, 0.1) is 9.85 Å². The molecule has 0 atom stereocenters. The number of aryl methyl sites for hydroxylation is 1. The van der Waals surface area contributed by atoms with Gasteiger partial charge in [0.2, 0.25) is 5.69 Å². The van der Waals surface area contributed by atoms with E-state index in [1.54, 1.807) is 0 Å². The van der Waals surface area contributed by atoms with Crippen LogP contribution < -0.4 is 5.32 Å². The number of nitro groups is 2. The molecule has 0 radical (unpaired) electrons. The molecule has 0 aliphatic carbocycles. The molecule has 0 aliphatic heterocycles. The minimum atomic E-state index is -0.809. The molecular weight excluding hydrogens is 294 g/mol. The molecule has 0 bridgehead atoms. The van der Waals surface area contributed by atoms with E-state index >= 15 is 0 Å². The van der Waals surface area contributed by atoms with Gasteiger partial charge in [-0.2, -0.15) is 5.10 Å². The largest absolute Gasteiger partial charge is 0.322 e. The molecule has 0 spiro atoms. The van der Waals surface area contributed by atoms with Crippen molar-refractivity contribution in [2.75, 3.05) is 5.32 Å². The average Bonchev–Trinajstić information content (AvgIpc) is 2.75. The normalized spacial score (nSPS) is 10.3. The zero-order valence-electron chi connectivity index (χ0n) is 11.6. The molecule has 1 aromatic carbocycles. The Morgan fingerprint density at radius 3 is 2.55 bits per heavy atom. The molecule has 0 saturated heterocycles. The molecule has 114 valence electrons. The number of carbonyl (C=O) groups is 1. The third-order valence-electron chi connectivity index (χ3n) is 3.01. The molecule has 1 N–H and O–H groups in total. The predicted octanol–water partition coefficient (Wildman–Crippen LogP) is 1.80. The molecule has 1 aromatic heterocycles. The summed E-state index contributed by atoms with van der Waals surface area (Å²) in [5.41, 5.74) is -0.572. The van der Waals surface area contributed by atoms with Gasteiger partial charge in [-0.3, -0.25) is 29.7 Å². The Hall–Kier alpha value is -3.30. The van der Waals surface area contributed by atoms with Crippen molar-refractivity contribution < 1.29 is 14.6 Å². The molecule has 1 amide bonds. The number of aromatic nitrogens is 2. The summed E-state index contributed by atoms with van der Waals surface area (Å²) < 4.78 is 1.22. The van der Waals surface area contributed by atoms with Crippen LogP contribution in [-0.2, 0) is 7.05 Å². The van der Waals surface area contributed by atoms with Gasteiger partial charge in [-0.15, -0.1) is 0 Å². The van der Waals surface area contributed by atoms with Gasteiger partial charge < -0.3 is 5.32 Å². The van der Waals surface area contributed by atoms with Crippen molar-refractivity contribution in [1.82, 2.24) is 9.78 Å². The summed E-state index contributed by atoms with van der Waals surface area (Å²) in [6.07, 6.45) is 0. The van der Waals surface area contributed by atoms with Gasteiger partial charge in [-0.05, 0) is 13.0 Å². The number of nitrogens with zero attached hydrogens (tertiary/aromatic N) is 4. The number of carbonyl (C=O) groups excluding carboxylic acids is 1. The number of benzene rings is 1. The lowest BCUT2D eigenvalue weighted by atomic mass is 10.2. The van der Waals surface area contributed by atoms with Gasteiger partial charge in [0.25, 0.3) is 11.6 Å². The summed E-state index contributed by atoms with van der Waals surface area (Å²) in [6.45, 7) is 1.47. The van der Waals surface area contributed by atoms with Gasteiger partial charge in [-0.25, -0.2) is 0 Å². The van der Waals surface area contributed by atoms with Crippen molar-refractivity contribution in [3.63, 3.8) is 0 Å². The maximum Gasteiger partial charge on any atom is 0.322 e. The molecule has 1 heterocycles. The molecule has 0 saturated carbocycles. The Balaban J connectivity index is 2.34. The topological polar surface area (TPSA) is 133 Å². The highest BCUT2D eigenvalue weighted by Gasteiger charge is 2.29. The maximum absolute atomic E-state index is 12.1. The standard InChI is InChI=1S/C12H11N5O5/c1-7-11(17(21)22)10(14-15(7)2)12(18)13-8-4-3-5-9(6-8)16(19)20/h3-6H,1-2H3,(H,13,18). The fraction of sp³-hybridized carbons (Fsp3) is 0.167. The Labute approximate surface area is 123 Å². The van der Waals surface area contributed by atoms with Crippen LogP contribution in [0.4, 0.5) is 17.1 Å². The first-order valence-corrected chi connectivity index (χ1v) is 6.05. The van der Waals surface area contributed by atoms with Crippen LogP contribution in [-0.4, -0.2) is 25.5 Å². The van der Waals surface area contributed by atoms with Crippen LogP contribution in [0.5, 0.6) is 0 Å². The molecule has 10 nitrogen and oxygen atoms in total. The summed E-state index contributed by atoms with van der Waals surface area (Å²) in [5, 5.41) is 27.9. The highest BCUT2D eigenvalue weighted by molar-refractivity contribution is 6.05. The summed E-state index contributed by atoms with van der Waals surface area (Å²) in [7, 11) is 1.48. The van der Waals surface area contributed by atoms with Crippen LogP contribution >= 0.6 is 0 Å². The lowest BCUT2D eigenvalue weighted by Crippen LogP contribution is -2.14. The Morgan fingerprint density at radius 2 is 1.95 bits per heavy atom. The minimum absolute atomic E-state index is 0.150. The van der Waals surface area contributed by atoms with Crippen molar-refractivity contribution in [3.8, 4) is 0 Å². The van der Waals surface area contributed by atoms with Crippen LogP contribution in [0.3, 0.4) is 0 Å². The number of amides is 1. The quantitative estimate of drug-likeness (QED) is 0.676. The van der Waals surface area contributed by atoms with Crippen LogP contribution in [0, 0.1) is 27.2 Å². The molecular formula is C12H11N5O5. The predicted molar refractivity (Wildman–Crippen MR) is 75.6 cm³/mol. The zero-order valence-corrected chi connectivity index (χ0v) is 11.6. The molecule has 10 heteroatoms. The van der Waals surface area contributed by atoms with E-state index in [9.17, 15) is 25.0 Å². The van der Waals surface area contributed by atoms with E-state index in [1.165, 1.54) is 36.9 Å². The second kappa shape index (κ2) is 5.60. The van der Waals surface area contributed by atoms with Gasteiger partial charge in [0, 0.05) is 24.9 Å². The molecule has 0 unspecified atom stereocenters. The van der Waals surface area contributed by atoms with E-state index in [-0.39, 0.29) is 22.8 Å². The van der Waals surface area contributed by atoms with Crippen molar-refractivity contribution >= 4 is 23.0 Å². The van der Waals surface area contributed by atoms with Crippen LogP contribution in [0.2, 0.25) is 0 Å². The molecule has 2 aromatic rings. The average molecular weight is 305 g/mol. The van der Waals surface area contributed by atoms with E-state index in [0.717, 1.165) is 6.07 Å². The van der Waals surface area contributed by atoms with E-state index in [4.69, 9.17) is 0 Å². The fourth-order valence-corrected chi connectivity index (χ4v) is 1.86. The molecule has 22 heavy (non-hydrogen) atoms. The Bertz CT molecular complexity index is 782. The highest BCUT2D eigenvalue weighted by atomic mass is 16.6. The second-order valence-electron chi connectivity index (χ2n) is 4.42. The monoisotopic (exact) mass is 305 g/mol. The van der Waals surface area contributed by atoms with Crippen LogP contribution in [0.15, 0.2) is 24.3 Å². The molecule has 0 aliphatic rings. The summed E-state index contributed by atoms with van der Waals surface area (Å²) in [6, 6.07) is 5.25. The van der Waals surface area contributed by atoms with Crippen LogP contribution in [0.1, 0.15) is 16.2 Å². The molecule has 2 rings (SSSR count). The number of nitrogens with one attached hydrogen (secondary N) is 1. The number of anilines is 1. The first-order chi connectivity index (χ1) is 10.3. The lowest BCUT2D eigenvalue weighted by molar-refractivity contribution is -0.385. The van der Waals surface area contributed by atoms with E-state index in [1.807, 2.05) is 0 Å². The second-order valence-corrected chi connectivity index (χ2v) is 4.42. The number of non-ortho nitro benzene ring substituents is 1. The maximum atomic E-state index is 12.1. The smallest absolute Gasteiger partial charge is 0.320 e. The first-order valence-electron chi connectivity index (χ1n) is 6.05. The zero-order chi connectivity index (χ0) is 16.4. The summed E-state index contributed by atoms with van der Waals surface area (Å²) >= 11 is 0. The van der Waals surface area contributed by atoms with Crippen molar-refractivity contribution in [2.24, 2.45) is 7.05 Å². The first kappa shape index (κ1) is 15.1. The van der Waals surface area contributed by atoms with Gasteiger partial charge in [-0.1, -0.05) is 6.07 Å². The van der Waals surface area contributed by atoms with E-state index in [2.05, 4.69) is 10.4 Å². The lowest BCUT2D eigenvalue weighted by Gasteiger charge is -2.02. The highest BCUT2D eigenvalue weighted by Crippen LogP contribution is 2.24. The van der Waals surface area contributed by atoms with Crippen LogP contribution in [0.25, 0.3) is 0 Å². The van der Waals surface area contributed by atoms with E-state index < -0.39 is 21.4 Å². The number of rotatable bonds is 4. The van der Waals surface area contributed by atoms with E-state index in [0.29, 0.717) is 0 Å². The Kier molecular flexibility index (Phi) is 3.84. The summed E-state index contributed by atoms with van der Waals surface area (Å²) in [5.74, 6) is -0.809. The molecule has 0 fully saturated rings. The number of hydrogen-bond donors (Lipinski definition) is 1. The third-order valence-corrected chi connectivity index (χ3v) is 3.01. The summed E-state index contributed by atoms with van der Waals surface area (Å²) in [4.78, 5) is 32.6.